The van der Waals surface area contributed by atoms with Crippen LogP contribution in [0.2, 0.25) is 0 Å². The third kappa shape index (κ3) is 3.03. The summed E-state index contributed by atoms with van der Waals surface area (Å²) < 4.78 is 2.82. The molecule has 2 atom stereocenters. The largest absolute Gasteiger partial charge is 0.394 e. The Morgan fingerprint density at radius 3 is 2.56 bits per heavy atom. The van der Waals surface area contributed by atoms with E-state index in [4.69, 9.17) is 5.11 Å². The predicted octanol–water partition coefficient (Wildman–Crippen LogP) is -0.0513. The zero-order valence-electron chi connectivity index (χ0n) is 14.5. The summed E-state index contributed by atoms with van der Waals surface area (Å²) >= 11 is 0. The van der Waals surface area contributed by atoms with Crippen molar-refractivity contribution in [3.8, 4) is 0 Å². The Morgan fingerprint density at radius 2 is 1.88 bits per heavy atom. The first-order valence-corrected chi connectivity index (χ1v) is 8.50. The topological polar surface area (TPSA) is 105 Å². The Kier molecular flexibility index (Phi) is 4.57. The van der Waals surface area contributed by atoms with Gasteiger partial charge in [-0.2, -0.15) is 0 Å². The van der Waals surface area contributed by atoms with Crippen molar-refractivity contribution in [1.82, 2.24) is 9.13 Å². The van der Waals surface area contributed by atoms with Gasteiger partial charge in [-0.25, -0.2) is 0 Å². The fourth-order valence-electron chi connectivity index (χ4n) is 3.62. The van der Waals surface area contributed by atoms with Gasteiger partial charge in [-0.15, -0.1) is 0 Å². The summed E-state index contributed by atoms with van der Waals surface area (Å²) in [6, 6.07) is 5.59. The molecule has 0 amide bonds. The number of hydrogen-bond acceptors (Lipinski definition) is 5. The van der Waals surface area contributed by atoms with Gasteiger partial charge in [0.25, 0.3) is 0 Å². The second-order valence-electron chi connectivity index (χ2n) is 7.41. The highest BCUT2D eigenvalue weighted by molar-refractivity contribution is 5.81. The minimum atomic E-state index is -1.06. The summed E-state index contributed by atoms with van der Waals surface area (Å²) in [7, 11) is 0. The van der Waals surface area contributed by atoms with Crippen LogP contribution >= 0.6 is 0 Å². The number of nitrogens with zero attached hydrogens (tertiary/aromatic N) is 2. The molecule has 0 spiro atoms. The lowest BCUT2D eigenvalue weighted by Crippen LogP contribution is -2.46. The average molecular weight is 348 g/mol. The molecule has 0 fully saturated rings. The van der Waals surface area contributed by atoms with Crippen LogP contribution in [0.25, 0.3) is 11.0 Å². The lowest BCUT2D eigenvalue weighted by atomic mass is 9.78. The molecule has 1 aliphatic rings. The second kappa shape index (κ2) is 6.40. The van der Waals surface area contributed by atoms with E-state index in [0.29, 0.717) is 12.1 Å². The minimum Gasteiger partial charge on any atom is -0.394 e. The molecule has 7 nitrogen and oxygen atoms in total. The first kappa shape index (κ1) is 17.8. The Morgan fingerprint density at radius 1 is 1.16 bits per heavy atom. The van der Waals surface area contributed by atoms with E-state index in [-0.39, 0.29) is 18.4 Å². The van der Waals surface area contributed by atoms with Crippen LogP contribution in [0.5, 0.6) is 0 Å². The number of aromatic nitrogens is 2. The SMILES string of the molecule is CC1(C)CCn2c(=O)c(=O)n(C[C@H](O)C[C@H](O)CO)c3cccc1c32. The molecule has 0 aliphatic carbocycles. The zero-order chi connectivity index (χ0) is 18.4. The van der Waals surface area contributed by atoms with Crippen LogP contribution < -0.4 is 11.1 Å². The highest BCUT2D eigenvalue weighted by Gasteiger charge is 2.30. The Labute approximate surface area is 144 Å². The monoisotopic (exact) mass is 348 g/mol. The van der Waals surface area contributed by atoms with E-state index < -0.39 is 29.9 Å². The maximum atomic E-state index is 12.6. The lowest BCUT2D eigenvalue weighted by Gasteiger charge is -2.33. The molecule has 0 saturated carbocycles. The van der Waals surface area contributed by atoms with Gasteiger partial charge in [-0.3, -0.25) is 14.2 Å². The molecule has 3 rings (SSSR count). The smallest absolute Gasteiger partial charge is 0.317 e. The predicted molar refractivity (Wildman–Crippen MR) is 93.8 cm³/mol. The molecule has 25 heavy (non-hydrogen) atoms. The Balaban J connectivity index is 2.18. The fraction of sp³-hybridized carbons (Fsp3) is 0.556. The van der Waals surface area contributed by atoms with Crippen LogP contribution in [0.4, 0.5) is 0 Å². The van der Waals surface area contributed by atoms with Crippen LogP contribution in [-0.4, -0.2) is 43.3 Å². The summed E-state index contributed by atoms with van der Waals surface area (Å²) in [4.78, 5) is 25.1. The molecule has 3 N–H and O–H groups in total. The van der Waals surface area contributed by atoms with E-state index in [1.54, 1.807) is 6.07 Å². The van der Waals surface area contributed by atoms with Crippen molar-refractivity contribution in [2.24, 2.45) is 0 Å². The van der Waals surface area contributed by atoms with Crippen molar-refractivity contribution in [3.05, 3.63) is 44.5 Å². The maximum Gasteiger partial charge on any atom is 0.317 e. The molecule has 1 aromatic carbocycles. The van der Waals surface area contributed by atoms with Crippen LogP contribution in [-0.2, 0) is 18.5 Å². The molecular formula is C18H24N2O5. The van der Waals surface area contributed by atoms with Crippen molar-refractivity contribution in [2.75, 3.05) is 6.61 Å². The highest BCUT2D eigenvalue weighted by atomic mass is 16.3. The number of benzene rings is 1. The Hall–Kier alpha value is -1.96. The summed E-state index contributed by atoms with van der Waals surface area (Å²) in [6.45, 7) is 4.13. The van der Waals surface area contributed by atoms with Crippen LogP contribution in [0, 0.1) is 0 Å². The van der Waals surface area contributed by atoms with Crippen LogP contribution in [0.15, 0.2) is 27.8 Å². The van der Waals surface area contributed by atoms with Crippen molar-refractivity contribution in [3.63, 3.8) is 0 Å². The number of aryl methyl sites for hydroxylation is 1. The molecular weight excluding hydrogens is 324 g/mol. The number of para-hydroxylation sites is 1. The highest BCUT2D eigenvalue weighted by Crippen LogP contribution is 2.36. The third-order valence-electron chi connectivity index (χ3n) is 5.09. The summed E-state index contributed by atoms with van der Waals surface area (Å²) in [5.41, 5.74) is 0.963. The molecule has 136 valence electrons. The summed E-state index contributed by atoms with van der Waals surface area (Å²) in [6.07, 6.45) is -1.41. The molecule has 7 heteroatoms. The number of aliphatic hydroxyl groups excluding tert-OH is 3. The van der Waals surface area contributed by atoms with Crippen molar-refractivity contribution in [1.29, 1.82) is 0 Å². The molecule has 2 heterocycles. The van der Waals surface area contributed by atoms with Crippen molar-refractivity contribution >= 4 is 11.0 Å². The standard InChI is InChI=1S/C18H24N2O5/c1-18(2)6-7-19-15-13(18)4-3-5-14(15)20(17(25)16(19)24)9-11(22)8-12(23)10-21/h3-5,11-12,21-23H,6-10H2,1-2H3/t11-,12+/m1/s1. The number of hydrogen-bond donors (Lipinski definition) is 3. The third-order valence-corrected chi connectivity index (χ3v) is 5.09. The normalized spacial score (nSPS) is 18.3. The van der Waals surface area contributed by atoms with E-state index in [2.05, 4.69) is 13.8 Å². The van der Waals surface area contributed by atoms with Gasteiger partial charge in [0.15, 0.2) is 0 Å². The fourth-order valence-corrected chi connectivity index (χ4v) is 3.62. The first-order valence-electron chi connectivity index (χ1n) is 8.50. The Bertz CT molecular complexity index is 912. The number of rotatable bonds is 5. The van der Waals surface area contributed by atoms with E-state index in [1.807, 2.05) is 12.1 Å². The van der Waals surface area contributed by atoms with Crippen LogP contribution in [0.3, 0.4) is 0 Å². The lowest BCUT2D eigenvalue weighted by molar-refractivity contribution is 0.0358. The quantitative estimate of drug-likeness (QED) is 0.657. The molecule has 0 saturated heterocycles. The van der Waals surface area contributed by atoms with Gasteiger partial charge in [-0.1, -0.05) is 26.0 Å². The van der Waals surface area contributed by atoms with Crippen LogP contribution in [0.1, 0.15) is 32.3 Å². The maximum absolute atomic E-state index is 12.6. The molecule has 0 bridgehead atoms. The van der Waals surface area contributed by atoms with E-state index in [9.17, 15) is 19.8 Å². The van der Waals surface area contributed by atoms with Gasteiger partial charge in [-0.05, 0) is 23.5 Å². The van der Waals surface area contributed by atoms with Gasteiger partial charge in [0.1, 0.15) is 0 Å². The van der Waals surface area contributed by atoms with Gasteiger partial charge in [0.2, 0.25) is 0 Å². The van der Waals surface area contributed by atoms with Gasteiger partial charge >= 0.3 is 11.1 Å². The molecule has 0 unspecified atom stereocenters. The number of aliphatic hydroxyl groups is 3. The van der Waals surface area contributed by atoms with Crippen molar-refractivity contribution < 1.29 is 15.3 Å². The summed E-state index contributed by atoms with van der Waals surface area (Å²) in [5.74, 6) is 0. The van der Waals surface area contributed by atoms with Crippen molar-refractivity contribution in [2.45, 2.75) is 57.4 Å². The molecule has 1 aromatic heterocycles. The average Bonchev–Trinajstić information content (AvgIpc) is 2.57. The van der Waals surface area contributed by atoms with Gasteiger partial charge < -0.3 is 19.9 Å². The van der Waals surface area contributed by atoms with Gasteiger partial charge in [0.05, 0.1) is 36.4 Å². The van der Waals surface area contributed by atoms with E-state index >= 15 is 0 Å². The molecule has 1 aliphatic heterocycles. The summed E-state index contributed by atoms with van der Waals surface area (Å²) in [5, 5.41) is 28.5. The van der Waals surface area contributed by atoms with E-state index in [1.165, 1.54) is 9.13 Å². The first-order chi connectivity index (χ1) is 11.8. The molecule has 0 radical (unpaired) electrons. The van der Waals surface area contributed by atoms with Gasteiger partial charge in [0, 0.05) is 13.0 Å². The second-order valence-corrected chi connectivity index (χ2v) is 7.41. The zero-order valence-corrected chi connectivity index (χ0v) is 14.5. The minimum absolute atomic E-state index is 0.0707. The molecule has 2 aromatic rings. The van der Waals surface area contributed by atoms with E-state index in [0.717, 1.165) is 17.5 Å².